The van der Waals surface area contributed by atoms with Crippen LogP contribution in [0.25, 0.3) is 0 Å². The van der Waals surface area contributed by atoms with E-state index < -0.39 is 0 Å². The maximum atomic E-state index is 4.00. The number of allylic oxidation sites excluding steroid dienone is 1. The van der Waals surface area contributed by atoms with Crippen molar-refractivity contribution in [2.45, 2.75) is 19.8 Å². The number of nitrogens with zero attached hydrogens (tertiary/aromatic N) is 2. The topological polar surface area (TPSA) is 24.7 Å². The van der Waals surface area contributed by atoms with Crippen molar-refractivity contribution in [3.05, 3.63) is 12.3 Å². The lowest BCUT2D eigenvalue weighted by Gasteiger charge is -1.78. The molecule has 0 bridgehead atoms. The van der Waals surface area contributed by atoms with E-state index in [0.717, 1.165) is 12.8 Å². The van der Waals surface area contributed by atoms with Crippen LogP contribution in [0, 0.1) is 0 Å². The summed E-state index contributed by atoms with van der Waals surface area (Å²) in [5, 5.41) is 0. The van der Waals surface area contributed by atoms with Gasteiger partial charge in [0.1, 0.15) is 0 Å². The van der Waals surface area contributed by atoms with Crippen LogP contribution in [0.4, 0.5) is 0 Å². The molecule has 0 heterocycles. The Labute approximate surface area is 62.4 Å². The van der Waals surface area contributed by atoms with Crippen LogP contribution in [0.5, 0.6) is 0 Å². The zero-order chi connectivity index (χ0) is 7.66. The molecule has 0 aliphatic rings. The molecule has 0 saturated carbocycles. The van der Waals surface area contributed by atoms with Gasteiger partial charge in [-0.15, -0.1) is 0 Å². The smallest absolute Gasteiger partial charge is 0.0279 e. The van der Waals surface area contributed by atoms with Crippen LogP contribution in [-0.4, -0.2) is 19.5 Å². The largest absolute Gasteiger partial charge is 0.296 e. The lowest BCUT2D eigenvalue weighted by molar-refractivity contribution is 1.01. The summed E-state index contributed by atoms with van der Waals surface area (Å²) in [6.07, 6.45) is 9.37. The Bertz CT molecular complexity index is 134. The second-order valence-electron chi connectivity index (χ2n) is 1.87. The van der Waals surface area contributed by atoms with Crippen LogP contribution < -0.4 is 0 Å². The van der Waals surface area contributed by atoms with Gasteiger partial charge in [0.25, 0.3) is 0 Å². The summed E-state index contributed by atoms with van der Waals surface area (Å²) in [5.41, 5.74) is 0. The molecule has 0 rings (SSSR count). The first kappa shape index (κ1) is 9.08. The summed E-state index contributed by atoms with van der Waals surface area (Å²) in [4.78, 5) is 7.77. The van der Waals surface area contributed by atoms with E-state index in [4.69, 9.17) is 0 Å². The van der Waals surface area contributed by atoms with E-state index >= 15 is 0 Å². The molecule has 0 radical (unpaired) electrons. The molecule has 2 nitrogen and oxygen atoms in total. The van der Waals surface area contributed by atoms with Crippen LogP contribution in [0.2, 0.25) is 0 Å². The molecule has 0 unspecified atom stereocenters. The number of hydrogen-bond acceptors (Lipinski definition) is 2. The molecule has 10 heavy (non-hydrogen) atoms. The van der Waals surface area contributed by atoms with Gasteiger partial charge >= 0.3 is 0 Å². The highest BCUT2D eigenvalue weighted by Gasteiger charge is 1.68. The first-order valence-electron chi connectivity index (χ1n) is 3.50. The van der Waals surface area contributed by atoms with E-state index in [1.54, 1.807) is 19.5 Å². The molecule has 0 saturated heterocycles. The third-order valence-corrected chi connectivity index (χ3v) is 0.930. The lowest BCUT2D eigenvalue weighted by atomic mass is 10.4. The number of hydrogen-bond donors (Lipinski definition) is 0. The average Bonchev–Trinajstić information content (AvgIpc) is 1.97. The zero-order valence-corrected chi connectivity index (χ0v) is 6.62. The van der Waals surface area contributed by atoms with Gasteiger partial charge in [0.15, 0.2) is 0 Å². The molecule has 0 aliphatic heterocycles. The first-order valence-corrected chi connectivity index (χ1v) is 3.50. The van der Waals surface area contributed by atoms with E-state index in [0.29, 0.717) is 0 Å². The van der Waals surface area contributed by atoms with Gasteiger partial charge in [0, 0.05) is 25.7 Å². The molecule has 0 spiro atoms. The van der Waals surface area contributed by atoms with Gasteiger partial charge in [-0.1, -0.05) is 13.3 Å². The SMILES string of the molecule is CCCC=N/C=C\C=NC. The van der Waals surface area contributed by atoms with Crippen LogP contribution in [0.3, 0.4) is 0 Å². The standard InChI is InChI=1S/C8H14N2/c1-3-4-7-10-8-5-6-9-2/h5-8H,3-4H2,1-2H3/b8-5-,9-6?,10-7?. The summed E-state index contributed by atoms with van der Waals surface area (Å²) < 4.78 is 0. The molecule has 0 atom stereocenters. The number of aliphatic imine (C=N–C) groups is 2. The third kappa shape index (κ3) is 7.08. The second-order valence-corrected chi connectivity index (χ2v) is 1.87. The highest BCUT2D eigenvalue weighted by molar-refractivity contribution is 5.71. The molecule has 2 heteroatoms. The third-order valence-electron chi connectivity index (χ3n) is 0.930. The van der Waals surface area contributed by atoms with Crippen molar-refractivity contribution in [1.29, 1.82) is 0 Å². The van der Waals surface area contributed by atoms with E-state index in [9.17, 15) is 0 Å². The van der Waals surface area contributed by atoms with Gasteiger partial charge in [-0.2, -0.15) is 0 Å². The monoisotopic (exact) mass is 138 g/mol. The second kappa shape index (κ2) is 8.08. The van der Waals surface area contributed by atoms with E-state index in [2.05, 4.69) is 16.9 Å². The van der Waals surface area contributed by atoms with Gasteiger partial charge in [-0.25, -0.2) is 0 Å². The summed E-state index contributed by atoms with van der Waals surface area (Å²) in [7, 11) is 1.74. The van der Waals surface area contributed by atoms with Crippen molar-refractivity contribution < 1.29 is 0 Å². The van der Waals surface area contributed by atoms with Crippen molar-refractivity contribution in [3.8, 4) is 0 Å². The predicted octanol–water partition coefficient (Wildman–Crippen LogP) is 2.07. The van der Waals surface area contributed by atoms with E-state index in [-0.39, 0.29) is 0 Å². The fourth-order valence-corrected chi connectivity index (χ4v) is 0.439. The molecular formula is C8H14N2. The zero-order valence-electron chi connectivity index (χ0n) is 6.62. The van der Waals surface area contributed by atoms with Crippen molar-refractivity contribution >= 4 is 12.4 Å². The van der Waals surface area contributed by atoms with Gasteiger partial charge in [-0.05, 0) is 12.5 Å². The Morgan fingerprint density at radius 1 is 1.40 bits per heavy atom. The summed E-state index contributed by atoms with van der Waals surface area (Å²) in [6.45, 7) is 2.13. The summed E-state index contributed by atoms with van der Waals surface area (Å²) >= 11 is 0. The Morgan fingerprint density at radius 2 is 2.20 bits per heavy atom. The fraction of sp³-hybridized carbons (Fsp3) is 0.500. The molecule has 0 aliphatic carbocycles. The Morgan fingerprint density at radius 3 is 2.80 bits per heavy atom. The summed E-state index contributed by atoms with van der Waals surface area (Å²) in [5.74, 6) is 0. The number of unbranched alkanes of at least 4 members (excludes halogenated alkanes) is 1. The van der Waals surface area contributed by atoms with Gasteiger partial charge in [0.05, 0.1) is 0 Å². The van der Waals surface area contributed by atoms with Crippen LogP contribution >= 0.6 is 0 Å². The van der Waals surface area contributed by atoms with Crippen molar-refractivity contribution in [1.82, 2.24) is 0 Å². The van der Waals surface area contributed by atoms with Crippen LogP contribution in [0.15, 0.2) is 22.3 Å². The lowest BCUT2D eigenvalue weighted by Crippen LogP contribution is -1.69. The molecule has 0 aromatic carbocycles. The molecule has 0 fully saturated rings. The van der Waals surface area contributed by atoms with Gasteiger partial charge in [-0.3, -0.25) is 9.98 Å². The summed E-state index contributed by atoms with van der Waals surface area (Å²) in [6, 6.07) is 0. The van der Waals surface area contributed by atoms with Gasteiger partial charge in [0.2, 0.25) is 0 Å². The van der Waals surface area contributed by atoms with Crippen LogP contribution in [0.1, 0.15) is 19.8 Å². The van der Waals surface area contributed by atoms with E-state index in [1.807, 2.05) is 12.3 Å². The minimum absolute atomic E-state index is 1.05. The first-order chi connectivity index (χ1) is 4.91. The fourth-order valence-electron chi connectivity index (χ4n) is 0.439. The van der Waals surface area contributed by atoms with Crippen molar-refractivity contribution in [2.75, 3.05) is 7.05 Å². The van der Waals surface area contributed by atoms with Crippen molar-refractivity contribution in [2.24, 2.45) is 9.98 Å². The highest BCUT2D eigenvalue weighted by atomic mass is 14.7. The Kier molecular flexibility index (Phi) is 7.34. The van der Waals surface area contributed by atoms with Crippen LogP contribution in [-0.2, 0) is 0 Å². The molecular weight excluding hydrogens is 124 g/mol. The molecule has 56 valence electrons. The highest BCUT2D eigenvalue weighted by Crippen LogP contribution is 1.81. The maximum Gasteiger partial charge on any atom is 0.0279 e. The average molecular weight is 138 g/mol. The Hall–Kier alpha value is -0.920. The van der Waals surface area contributed by atoms with E-state index in [1.165, 1.54) is 0 Å². The quantitative estimate of drug-likeness (QED) is 0.531. The molecule has 0 amide bonds. The minimum atomic E-state index is 1.05. The van der Waals surface area contributed by atoms with Crippen molar-refractivity contribution in [3.63, 3.8) is 0 Å². The molecule has 0 N–H and O–H groups in total. The minimum Gasteiger partial charge on any atom is -0.296 e. The molecule has 0 aromatic heterocycles. The predicted molar refractivity (Wildman–Crippen MR) is 47.0 cm³/mol. The molecule has 0 aromatic rings. The number of rotatable bonds is 4. The van der Waals surface area contributed by atoms with Gasteiger partial charge < -0.3 is 0 Å². The normalized spacial score (nSPS) is 12.6. The Balaban J connectivity index is 3.32. The maximum absolute atomic E-state index is 4.00.